The Labute approximate surface area is 119 Å². The van der Waals surface area contributed by atoms with Gasteiger partial charge in [-0.3, -0.25) is 15.1 Å². The number of nitrogens with one attached hydrogen (secondary N) is 1. The maximum absolute atomic E-state index is 11.1. The zero-order valence-corrected chi connectivity index (χ0v) is 12.5. The van der Waals surface area contributed by atoms with Crippen LogP contribution in [0.3, 0.4) is 0 Å². The third kappa shape index (κ3) is 3.15. The van der Waals surface area contributed by atoms with Crippen LogP contribution in [-0.4, -0.2) is 15.9 Å². The van der Waals surface area contributed by atoms with Crippen molar-refractivity contribution in [2.45, 2.75) is 59.0 Å². The van der Waals surface area contributed by atoms with E-state index in [0.29, 0.717) is 29.6 Å². The van der Waals surface area contributed by atoms with Gasteiger partial charge in [0, 0.05) is 29.9 Å². The van der Waals surface area contributed by atoms with Gasteiger partial charge in [0.25, 0.3) is 5.69 Å². The normalized spacial score (nSPS) is 22.8. The van der Waals surface area contributed by atoms with Gasteiger partial charge in [0.2, 0.25) is 0 Å². The second kappa shape index (κ2) is 6.31. The van der Waals surface area contributed by atoms with Crippen LogP contribution in [0.25, 0.3) is 0 Å². The second-order valence-corrected chi connectivity index (χ2v) is 5.87. The molecule has 2 unspecified atom stereocenters. The number of aromatic nitrogens is 1. The standard InChI is InChI=1S/C15H23N3O2/c1-10-6-4-5-7-13(10)17-9-14-12(3)15(18(19)20)11(2)8-16-14/h8,10,13,17H,4-7,9H2,1-3H3. The summed E-state index contributed by atoms with van der Waals surface area (Å²) in [6.07, 6.45) is 6.63. The van der Waals surface area contributed by atoms with E-state index < -0.39 is 0 Å². The minimum absolute atomic E-state index is 0.202. The predicted molar refractivity (Wildman–Crippen MR) is 78.6 cm³/mol. The summed E-state index contributed by atoms with van der Waals surface area (Å²) >= 11 is 0. The minimum atomic E-state index is -0.306. The van der Waals surface area contributed by atoms with Gasteiger partial charge in [0.1, 0.15) is 0 Å². The van der Waals surface area contributed by atoms with Crippen molar-refractivity contribution < 1.29 is 4.92 Å². The molecule has 20 heavy (non-hydrogen) atoms. The van der Waals surface area contributed by atoms with Gasteiger partial charge in [-0.05, 0) is 32.6 Å². The van der Waals surface area contributed by atoms with E-state index in [1.807, 2.05) is 0 Å². The quantitative estimate of drug-likeness (QED) is 0.677. The van der Waals surface area contributed by atoms with Gasteiger partial charge in [-0.1, -0.05) is 19.8 Å². The molecule has 5 heteroatoms. The Morgan fingerprint density at radius 2 is 2.10 bits per heavy atom. The molecular formula is C15H23N3O2. The van der Waals surface area contributed by atoms with Crippen molar-refractivity contribution in [3.05, 3.63) is 33.1 Å². The third-order valence-electron chi connectivity index (χ3n) is 4.40. The van der Waals surface area contributed by atoms with E-state index in [2.05, 4.69) is 17.2 Å². The van der Waals surface area contributed by atoms with E-state index in [-0.39, 0.29) is 10.6 Å². The topological polar surface area (TPSA) is 68.1 Å². The predicted octanol–water partition coefficient (Wildman–Crippen LogP) is 3.27. The molecule has 110 valence electrons. The maximum Gasteiger partial charge on any atom is 0.278 e. The van der Waals surface area contributed by atoms with Crippen molar-refractivity contribution in [2.75, 3.05) is 0 Å². The molecule has 0 amide bonds. The average Bonchev–Trinajstić information content (AvgIpc) is 2.39. The fourth-order valence-corrected chi connectivity index (χ4v) is 3.07. The highest BCUT2D eigenvalue weighted by Gasteiger charge is 2.22. The SMILES string of the molecule is Cc1cnc(CNC2CCCCC2C)c(C)c1[N+](=O)[O-]. The Hall–Kier alpha value is -1.49. The van der Waals surface area contributed by atoms with E-state index in [0.717, 1.165) is 5.69 Å². The fraction of sp³-hybridized carbons (Fsp3) is 0.667. The fourth-order valence-electron chi connectivity index (χ4n) is 3.07. The molecule has 2 rings (SSSR count). The Morgan fingerprint density at radius 1 is 1.40 bits per heavy atom. The Bertz CT molecular complexity index is 502. The van der Waals surface area contributed by atoms with E-state index in [4.69, 9.17) is 0 Å². The molecule has 0 saturated heterocycles. The number of rotatable bonds is 4. The molecule has 1 aromatic heterocycles. The monoisotopic (exact) mass is 277 g/mol. The lowest BCUT2D eigenvalue weighted by Crippen LogP contribution is -2.37. The molecule has 1 heterocycles. The molecule has 0 radical (unpaired) electrons. The molecule has 1 aromatic rings. The van der Waals surface area contributed by atoms with Crippen molar-refractivity contribution >= 4 is 5.69 Å². The summed E-state index contributed by atoms with van der Waals surface area (Å²) in [6.45, 7) is 6.41. The Balaban J connectivity index is 2.10. The number of hydrogen-bond donors (Lipinski definition) is 1. The average molecular weight is 277 g/mol. The molecule has 1 N–H and O–H groups in total. The first-order valence-corrected chi connectivity index (χ1v) is 7.33. The van der Waals surface area contributed by atoms with Crippen molar-refractivity contribution in [3.63, 3.8) is 0 Å². The van der Waals surface area contributed by atoms with Gasteiger partial charge in [0.05, 0.1) is 10.6 Å². The largest absolute Gasteiger partial charge is 0.308 e. The summed E-state index contributed by atoms with van der Waals surface area (Å²) in [7, 11) is 0. The van der Waals surface area contributed by atoms with Crippen LogP contribution in [0.2, 0.25) is 0 Å². The molecule has 0 aliphatic heterocycles. The van der Waals surface area contributed by atoms with Crippen LogP contribution in [0.1, 0.15) is 49.4 Å². The highest BCUT2D eigenvalue weighted by molar-refractivity contribution is 5.47. The first kappa shape index (κ1) is 14.9. The molecule has 1 fully saturated rings. The van der Waals surface area contributed by atoms with Crippen molar-refractivity contribution in [2.24, 2.45) is 5.92 Å². The smallest absolute Gasteiger partial charge is 0.278 e. The zero-order valence-electron chi connectivity index (χ0n) is 12.5. The van der Waals surface area contributed by atoms with E-state index in [9.17, 15) is 10.1 Å². The van der Waals surface area contributed by atoms with Gasteiger partial charge < -0.3 is 5.32 Å². The summed E-state index contributed by atoms with van der Waals surface area (Å²) in [5.41, 5.74) is 2.31. The molecule has 1 aliphatic carbocycles. The van der Waals surface area contributed by atoms with E-state index in [1.165, 1.54) is 25.7 Å². The number of nitro groups is 1. The van der Waals surface area contributed by atoms with Gasteiger partial charge in [-0.25, -0.2) is 0 Å². The maximum atomic E-state index is 11.1. The van der Waals surface area contributed by atoms with Crippen LogP contribution in [0, 0.1) is 29.9 Å². The first-order valence-electron chi connectivity index (χ1n) is 7.33. The van der Waals surface area contributed by atoms with Crippen LogP contribution in [0.5, 0.6) is 0 Å². The first-order chi connectivity index (χ1) is 9.50. The molecule has 1 aliphatic rings. The zero-order chi connectivity index (χ0) is 14.7. The van der Waals surface area contributed by atoms with Crippen molar-refractivity contribution in [1.29, 1.82) is 0 Å². The highest BCUT2D eigenvalue weighted by Crippen LogP contribution is 2.26. The van der Waals surface area contributed by atoms with Gasteiger partial charge in [0.15, 0.2) is 0 Å². The third-order valence-corrected chi connectivity index (χ3v) is 4.40. The molecular weight excluding hydrogens is 254 g/mol. The van der Waals surface area contributed by atoms with Crippen LogP contribution in [0.15, 0.2) is 6.20 Å². The lowest BCUT2D eigenvalue weighted by atomic mass is 9.86. The van der Waals surface area contributed by atoms with Crippen molar-refractivity contribution in [1.82, 2.24) is 10.3 Å². The van der Waals surface area contributed by atoms with Crippen LogP contribution in [-0.2, 0) is 6.54 Å². The van der Waals surface area contributed by atoms with E-state index in [1.54, 1.807) is 20.0 Å². The Kier molecular flexibility index (Phi) is 4.70. The molecule has 2 atom stereocenters. The number of nitrogens with zero attached hydrogens (tertiary/aromatic N) is 2. The van der Waals surface area contributed by atoms with Crippen LogP contribution >= 0.6 is 0 Å². The molecule has 0 bridgehead atoms. The highest BCUT2D eigenvalue weighted by atomic mass is 16.6. The summed E-state index contributed by atoms with van der Waals surface area (Å²) < 4.78 is 0. The molecule has 5 nitrogen and oxygen atoms in total. The van der Waals surface area contributed by atoms with Gasteiger partial charge in [-0.2, -0.15) is 0 Å². The Morgan fingerprint density at radius 3 is 2.75 bits per heavy atom. The summed E-state index contributed by atoms with van der Waals surface area (Å²) in [5, 5.41) is 14.6. The van der Waals surface area contributed by atoms with Gasteiger partial charge >= 0.3 is 0 Å². The minimum Gasteiger partial charge on any atom is -0.308 e. The number of pyridine rings is 1. The molecule has 1 saturated carbocycles. The lowest BCUT2D eigenvalue weighted by molar-refractivity contribution is -0.386. The van der Waals surface area contributed by atoms with Gasteiger partial charge in [-0.15, -0.1) is 0 Å². The van der Waals surface area contributed by atoms with E-state index >= 15 is 0 Å². The summed E-state index contributed by atoms with van der Waals surface area (Å²) in [5.74, 6) is 0.671. The molecule has 0 spiro atoms. The lowest BCUT2D eigenvalue weighted by Gasteiger charge is -2.29. The number of aryl methyl sites for hydroxylation is 1. The van der Waals surface area contributed by atoms with Crippen molar-refractivity contribution in [3.8, 4) is 0 Å². The van der Waals surface area contributed by atoms with Crippen LogP contribution < -0.4 is 5.32 Å². The second-order valence-electron chi connectivity index (χ2n) is 5.87. The number of hydrogen-bond acceptors (Lipinski definition) is 4. The van der Waals surface area contributed by atoms with Crippen LogP contribution in [0.4, 0.5) is 5.69 Å². The summed E-state index contributed by atoms with van der Waals surface area (Å²) in [6, 6.07) is 0.505. The molecule has 0 aromatic carbocycles. The summed E-state index contributed by atoms with van der Waals surface area (Å²) in [4.78, 5) is 15.2.